The molecule has 2 rings (SSSR count). The number of halogens is 2. The van der Waals surface area contributed by atoms with Gasteiger partial charge in [0.1, 0.15) is 0 Å². The van der Waals surface area contributed by atoms with Crippen LogP contribution < -0.4 is 5.32 Å². The summed E-state index contributed by atoms with van der Waals surface area (Å²) in [5, 5.41) is 4.37. The summed E-state index contributed by atoms with van der Waals surface area (Å²) in [6.07, 6.45) is 5.48. The first-order chi connectivity index (χ1) is 8.56. The lowest BCUT2D eigenvalue weighted by atomic mass is 9.82. The summed E-state index contributed by atoms with van der Waals surface area (Å²) < 4.78 is 1.10. The van der Waals surface area contributed by atoms with E-state index in [-0.39, 0.29) is 0 Å². The SMILES string of the molecule is Cc1cc(Br)c(NCC2CCCC(C)C2)cc1Cl. The van der Waals surface area contributed by atoms with Crippen molar-refractivity contribution in [3.63, 3.8) is 0 Å². The monoisotopic (exact) mass is 329 g/mol. The van der Waals surface area contributed by atoms with E-state index in [1.807, 2.05) is 13.0 Å². The molecule has 1 aromatic rings. The van der Waals surface area contributed by atoms with Crippen molar-refractivity contribution in [2.24, 2.45) is 11.8 Å². The van der Waals surface area contributed by atoms with Crippen molar-refractivity contribution in [2.45, 2.75) is 39.5 Å². The van der Waals surface area contributed by atoms with Crippen molar-refractivity contribution < 1.29 is 0 Å². The average Bonchev–Trinajstić information content (AvgIpc) is 2.32. The Bertz CT molecular complexity index is 419. The zero-order valence-electron chi connectivity index (χ0n) is 11.1. The molecule has 1 fully saturated rings. The zero-order chi connectivity index (χ0) is 13.1. The van der Waals surface area contributed by atoms with Crippen LogP contribution in [0.2, 0.25) is 5.02 Å². The van der Waals surface area contributed by atoms with Crippen LogP contribution in [-0.4, -0.2) is 6.54 Å². The third kappa shape index (κ3) is 3.64. The number of benzene rings is 1. The molecule has 3 heteroatoms. The van der Waals surface area contributed by atoms with E-state index in [1.165, 1.54) is 25.7 Å². The first-order valence-corrected chi connectivity index (χ1v) is 7.93. The van der Waals surface area contributed by atoms with E-state index in [2.05, 4.69) is 34.2 Å². The van der Waals surface area contributed by atoms with Crippen molar-refractivity contribution in [3.05, 3.63) is 27.2 Å². The van der Waals surface area contributed by atoms with Crippen LogP contribution in [0, 0.1) is 18.8 Å². The van der Waals surface area contributed by atoms with Crippen molar-refractivity contribution >= 4 is 33.2 Å². The summed E-state index contributed by atoms with van der Waals surface area (Å²) in [6.45, 7) is 5.45. The Morgan fingerprint density at radius 2 is 2.17 bits per heavy atom. The van der Waals surface area contributed by atoms with Gasteiger partial charge in [0.25, 0.3) is 0 Å². The molecule has 18 heavy (non-hydrogen) atoms. The summed E-state index contributed by atoms with van der Waals surface area (Å²) in [5.41, 5.74) is 2.23. The maximum atomic E-state index is 6.17. The van der Waals surface area contributed by atoms with Crippen LogP contribution in [0.25, 0.3) is 0 Å². The molecule has 2 atom stereocenters. The summed E-state index contributed by atoms with van der Waals surface area (Å²) in [4.78, 5) is 0. The highest BCUT2D eigenvalue weighted by atomic mass is 79.9. The predicted molar refractivity (Wildman–Crippen MR) is 83.5 cm³/mol. The standard InChI is InChI=1S/C15H21BrClN/c1-10-4-3-5-12(6-10)9-18-15-8-14(17)11(2)7-13(15)16/h7-8,10,12,18H,3-6,9H2,1-2H3. The minimum Gasteiger partial charge on any atom is -0.384 e. The van der Waals surface area contributed by atoms with Gasteiger partial charge in [-0.1, -0.05) is 31.4 Å². The lowest BCUT2D eigenvalue weighted by Gasteiger charge is -2.27. The molecule has 0 spiro atoms. The molecule has 1 aliphatic carbocycles. The molecule has 1 N–H and O–H groups in total. The molecule has 1 saturated carbocycles. The highest BCUT2D eigenvalue weighted by molar-refractivity contribution is 9.10. The number of anilines is 1. The maximum Gasteiger partial charge on any atom is 0.0499 e. The molecular weight excluding hydrogens is 310 g/mol. The van der Waals surface area contributed by atoms with Gasteiger partial charge in [0, 0.05) is 21.7 Å². The van der Waals surface area contributed by atoms with Gasteiger partial charge in [-0.15, -0.1) is 0 Å². The van der Waals surface area contributed by atoms with Crippen LogP contribution in [0.1, 0.15) is 38.2 Å². The number of hydrogen-bond acceptors (Lipinski definition) is 1. The van der Waals surface area contributed by atoms with Gasteiger partial charge in [0.05, 0.1) is 0 Å². The summed E-state index contributed by atoms with van der Waals surface area (Å²) in [5.74, 6) is 1.69. The second kappa shape index (κ2) is 6.29. The number of rotatable bonds is 3. The molecule has 1 aliphatic rings. The van der Waals surface area contributed by atoms with E-state index in [0.717, 1.165) is 39.1 Å². The van der Waals surface area contributed by atoms with Crippen LogP contribution in [0.4, 0.5) is 5.69 Å². The van der Waals surface area contributed by atoms with Gasteiger partial charge in [-0.2, -0.15) is 0 Å². The number of nitrogens with one attached hydrogen (secondary N) is 1. The highest BCUT2D eigenvalue weighted by Gasteiger charge is 2.18. The van der Waals surface area contributed by atoms with Crippen molar-refractivity contribution in [2.75, 3.05) is 11.9 Å². The van der Waals surface area contributed by atoms with Gasteiger partial charge < -0.3 is 5.32 Å². The van der Waals surface area contributed by atoms with E-state index in [4.69, 9.17) is 11.6 Å². The second-order valence-electron chi connectivity index (χ2n) is 5.60. The Labute approximate surface area is 123 Å². The number of aryl methyl sites for hydroxylation is 1. The normalized spacial score (nSPS) is 24.0. The fourth-order valence-electron chi connectivity index (χ4n) is 2.78. The Morgan fingerprint density at radius 3 is 2.89 bits per heavy atom. The van der Waals surface area contributed by atoms with E-state index >= 15 is 0 Å². The molecule has 0 radical (unpaired) electrons. The maximum absolute atomic E-state index is 6.17. The van der Waals surface area contributed by atoms with Gasteiger partial charge in [-0.25, -0.2) is 0 Å². The molecule has 1 aromatic carbocycles. The lowest BCUT2D eigenvalue weighted by molar-refractivity contribution is 0.293. The third-order valence-electron chi connectivity index (χ3n) is 3.87. The van der Waals surface area contributed by atoms with Crippen molar-refractivity contribution in [1.29, 1.82) is 0 Å². The van der Waals surface area contributed by atoms with Gasteiger partial charge >= 0.3 is 0 Å². The quantitative estimate of drug-likeness (QED) is 0.755. The van der Waals surface area contributed by atoms with Gasteiger partial charge in [0.15, 0.2) is 0 Å². The molecule has 100 valence electrons. The Balaban J connectivity index is 1.95. The van der Waals surface area contributed by atoms with Crippen molar-refractivity contribution in [3.8, 4) is 0 Å². The fraction of sp³-hybridized carbons (Fsp3) is 0.600. The van der Waals surface area contributed by atoms with E-state index in [9.17, 15) is 0 Å². The third-order valence-corrected chi connectivity index (χ3v) is 4.94. The molecule has 0 aliphatic heterocycles. The highest BCUT2D eigenvalue weighted by Crippen LogP contribution is 2.32. The van der Waals surface area contributed by atoms with Crippen molar-refractivity contribution in [1.82, 2.24) is 0 Å². The Morgan fingerprint density at radius 1 is 1.39 bits per heavy atom. The van der Waals surface area contributed by atoms with Crippen LogP contribution in [-0.2, 0) is 0 Å². The average molecular weight is 331 g/mol. The van der Waals surface area contributed by atoms with Crippen LogP contribution in [0.3, 0.4) is 0 Å². The van der Waals surface area contributed by atoms with E-state index in [1.54, 1.807) is 0 Å². The smallest absolute Gasteiger partial charge is 0.0499 e. The first kappa shape index (κ1) is 14.2. The lowest BCUT2D eigenvalue weighted by Crippen LogP contribution is -2.21. The molecule has 0 amide bonds. The molecule has 0 heterocycles. The Hall–Kier alpha value is -0.210. The second-order valence-corrected chi connectivity index (χ2v) is 6.86. The summed E-state index contributed by atoms with van der Waals surface area (Å²) in [7, 11) is 0. The summed E-state index contributed by atoms with van der Waals surface area (Å²) in [6, 6.07) is 4.10. The Kier molecular flexibility index (Phi) is 4.97. The van der Waals surface area contributed by atoms with E-state index in [0.29, 0.717) is 0 Å². The van der Waals surface area contributed by atoms with Crippen LogP contribution >= 0.6 is 27.5 Å². The molecule has 2 unspecified atom stereocenters. The molecular formula is C15H21BrClN. The van der Waals surface area contributed by atoms with E-state index < -0.39 is 0 Å². The van der Waals surface area contributed by atoms with Gasteiger partial charge in [-0.3, -0.25) is 0 Å². The fourth-order valence-corrected chi connectivity index (χ4v) is 3.54. The zero-order valence-corrected chi connectivity index (χ0v) is 13.4. The largest absolute Gasteiger partial charge is 0.384 e. The molecule has 0 aromatic heterocycles. The summed E-state index contributed by atoms with van der Waals surface area (Å²) >= 11 is 9.77. The van der Waals surface area contributed by atoms with Gasteiger partial charge in [0.2, 0.25) is 0 Å². The first-order valence-electron chi connectivity index (χ1n) is 6.75. The molecule has 0 bridgehead atoms. The minimum absolute atomic E-state index is 0.806. The predicted octanol–water partition coefficient (Wildman–Crippen LogP) is 5.65. The minimum atomic E-state index is 0.806. The molecule has 0 saturated heterocycles. The van der Waals surface area contributed by atoms with Crippen LogP contribution in [0.15, 0.2) is 16.6 Å². The molecule has 1 nitrogen and oxygen atoms in total. The topological polar surface area (TPSA) is 12.0 Å². The van der Waals surface area contributed by atoms with Gasteiger partial charge in [-0.05, 0) is 65.2 Å². The number of hydrogen-bond donors (Lipinski definition) is 1. The van der Waals surface area contributed by atoms with Crippen LogP contribution in [0.5, 0.6) is 0 Å².